The number of benzene rings is 2. The summed E-state index contributed by atoms with van der Waals surface area (Å²) in [4.78, 5) is 17.8. The summed E-state index contributed by atoms with van der Waals surface area (Å²) in [5.74, 6) is 0.803. The lowest BCUT2D eigenvalue weighted by Crippen LogP contribution is -2.34. The van der Waals surface area contributed by atoms with Crippen molar-refractivity contribution < 1.29 is 9.53 Å². The lowest BCUT2D eigenvalue weighted by molar-refractivity contribution is 0.112. The molecule has 0 saturated carbocycles. The molecule has 0 aliphatic carbocycles. The van der Waals surface area contributed by atoms with Crippen molar-refractivity contribution in [3.63, 3.8) is 0 Å². The van der Waals surface area contributed by atoms with Gasteiger partial charge in [0.05, 0.1) is 16.3 Å². The van der Waals surface area contributed by atoms with Gasteiger partial charge in [0.25, 0.3) is 0 Å². The molecule has 24 heavy (non-hydrogen) atoms. The molecule has 2 aromatic carbocycles. The van der Waals surface area contributed by atoms with Crippen molar-refractivity contribution in [1.82, 2.24) is 4.98 Å². The van der Waals surface area contributed by atoms with Gasteiger partial charge in [-0.2, -0.15) is 0 Å². The summed E-state index contributed by atoms with van der Waals surface area (Å²) in [6.07, 6.45) is 3.12. The second-order valence-electron chi connectivity index (χ2n) is 5.95. The van der Waals surface area contributed by atoms with Gasteiger partial charge >= 0.3 is 0 Å². The smallest absolute Gasteiger partial charge is 0.186 e. The van der Waals surface area contributed by atoms with Gasteiger partial charge in [0, 0.05) is 12.1 Å². The number of anilines is 1. The van der Waals surface area contributed by atoms with E-state index in [2.05, 4.69) is 23.1 Å². The van der Waals surface area contributed by atoms with Crippen LogP contribution in [0.5, 0.6) is 5.75 Å². The molecule has 1 aliphatic rings. The number of hydrogen-bond acceptors (Lipinski definition) is 5. The fraction of sp³-hybridized carbons (Fsp3) is 0.263. The van der Waals surface area contributed by atoms with Crippen LogP contribution < -0.4 is 9.64 Å². The number of hydrogen-bond donors (Lipinski definition) is 0. The average Bonchev–Trinajstić information content (AvgIpc) is 3.26. The van der Waals surface area contributed by atoms with Gasteiger partial charge in [-0.25, -0.2) is 4.98 Å². The Kier molecular flexibility index (Phi) is 4.17. The van der Waals surface area contributed by atoms with Gasteiger partial charge in [0.2, 0.25) is 0 Å². The Labute approximate surface area is 144 Å². The molecule has 4 nitrogen and oxygen atoms in total. The Balaban J connectivity index is 1.46. The molecule has 1 aliphatic heterocycles. The highest BCUT2D eigenvalue weighted by Crippen LogP contribution is 2.33. The van der Waals surface area contributed by atoms with Gasteiger partial charge in [-0.15, -0.1) is 0 Å². The van der Waals surface area contributed by atoms with Gasteiger partial charge < -0.3 is 9.64 Å². The number of nitrogens with zero attached hydrogens (tertiary/aromatic N) is 2. The summed E-state index contributed by atoms with van der Waals surface area (Å²) in [5, 5.41) is 1.08. The van der Waals surface area contributed by atoms with Crippen LogP contribution in [0.4, 0.5) is 5.13 Å². The Hall–Kier alpha value is -2.40. The van der Waals surface area contributed by atoms with Gasteiger partial charge in [0.1, 0.15) is 18.6 Å². The number of rotatable bonds is 5. The van der Waals surface area contributed by atoms with Crippen molar-refractivity contribution in [2.24, 2.45) is 0 Å². The van der Waals surface area contributed by atoms with E-state index in [0.717, 1.165) is 42.1 Å². The van der Waals surface area contributed by atoms with Gasteiger partial charge in [-0.1, -0.05) is 23.5 Å². The van der Waals surface area contributed by atoms with E-state index in [9.17, 15) is 4.79 Å². The van der Waals surface area contributed by atoms with Crippen LogP contribution in [-0.2, 0) is 0 Å². The zero-order valence-corrected chi connectivity index (χ0v) is 14.0. The minimum absolute atomic E-state index is 0.344. The van der Waals surface area contributed by atoms with E-state index < -0.39 is 0 Å². The van der Waals surface area contributed by atoms with Crippen LogP contribution in [0, 0.1) is 0 Å². The van der Waals surface area contributed by atoms with Gasteiger partial charge in [-0.3, -0.25) is 4.79 Å². The van der Waals surface area contributed by atoms with E-state index >= 15 is 0 Å². The summed E-state index contributed by atoms with van der Waals surface area (Å²) in [7, 11) is 0. The fourth-order valence-electron chi connectivity index (χ4n) is 3.08. The van der Waals surface area contributed by atoms with Crippen LogP contribution in [0.15, 0.2) is 48.5 Å². The lowest BCUT2D eigenvalue weighted by Gasteiger charge is -2.24. The molecule has 0 radical (unpaired) electrons. The molecule has 2 heterocycles. The van der Waals surface area contributed by atoms with E-state index in [1.165, 1.54) is 4.70 Å². The quantitative estimate of drug-likeness (QED) is 0.655. The first-order valence-electron chi connectivity index (χ1n) is 8.14. The second kappa shape index (κ2) is 6.61. The minimum Gasteiger partial charge on any atom is -0.491 e. The highest BCUT2D eigenvalue weighted by molar-refractivity contribution is 7.22. The predicted molar refractivity (Wildman–Crippen MR) is 97.3 cm³/mol. The lowest BCUT2D eigenvalue weighted by atomic mass is 10.2. The summed E-state index contributed by atoms with van der Waals surface area (Å²) < 4.78 is 7.16. The molecular formula is C19H18N2O2S. The first-order valence-corrected chi connectivity index (χ1v) is 8.95. The molecule has 0 unspecified atom stereocenters. The number of carbonyl (C=O) groups is 1. The predicted octanol–water partition coefficient (Wildman–Crippen LogP) is 4.16. The van der Waals surface area contributed by atoms with Crippen molar-refractivity contribution in [3.05, 3.63) is 54.1 Å². The largest absolute Gasteiger partial charge is 0.491 e. The molecule has 1 atom stereocenters. The number of aldehydes is 1. The van der Waals surface area contributed by atoms with E-state index in [0.29, 0.717) is 18.2 Å². The molecule has 0 bridgehead atoms. The van der Waals surface area contributed by atoms with Crippen LogP contribution in [0.3, 0.4) is 0 Å². The van der Waals surface area contributed by atoms with Crippen molar-refractivity contribution in [3.8, 4) is 5.75 Å². The second-order valence-corrected chi connectivity index (χ2v) is 6.96. The average molecular weight is 338 g/mol. The van der Waals surface area contributed by atoms with Gasteiger partial charge in [0.15, 0.2) is 5.13 Å². The molecule has 0 N–H and O–H groups in total. The van der Waals surface area contributed by atoms with Crippen molar-refractivity contribution in [2.75, 3.05) is 18.1 Å². The molecule has 1 fully saturated rings. The third-order valence-corrected chi connectivity index (χ3v) is 5.44. The maximum atomic E-state index is 10.7. The topological polar surface area (TPSA) is 42.4 Å². The number of thiazole rings is 1. The zero-order valence-electron chi connectivity index (χ0n) is 13.2. The van der Waals surface area contributed by atoms with Crippen LogP contribution in [0.2, 0.25) is 0 Å². The van der Waals surface area contributed by atoms with E-state index in [4.69, 9.17) is 9.72 Å². The summed E-state index contributed by atoms with van der Waals surface area (Å²) >= 11 is 1.75. The number of carbonyl (C=O) groups excluding carboxylic acids is 1. The molecule has 1 saturated heterocycles. The van der Waals surface area contributed by atoms with Crippen molar-refractivity contribution >= 4 is 33.0 Å². The van der Waals surface area contributed by atoms with Crippen LogP contribution in [0.1, 0.15) is 23.2 Å². The Morgan fingerprint density at radius 2 is 2.04 bits per heavy atom. The van der Waals surface area contributed by atoms with E-state index in [-0.39, 0.29) is 0 Å². The zero-order chi connectivity index (χ0) is 16.4. The van der Waals surface area contributed by atoms with E-state index in [1.807, 2.05) is 18.2 Å². The molecule has 5 heteroatoms. The van der Waals surface area contributed by atoms with E-state index in [1.54, 1.807) is 23.5 Å². The van der Waals surface area contributed by atoms with Crippen LogP contribution in [-0.4, -0.2) is 30.5 Å². The Morgan fingerprint density at radius 3 is 2.83 bits per heavy atom. The maximum absolute atomic E-state index is 10.7. The Morgan fingerprint density at radius 1 is 1.21 bits per heavy atom. The third-order valence-electron chi connectivity index (χ3n) is 4.36. The standard InChI is InChI=1S/C19H18N2O2S/c22-12-14-7-9-16(10-8-14)23-13-15-4-3-11-21(15)19-20-17-5-1-2-6-18(17)24-19/h1-2,5-10,12,15H,3-4,11,13H2/t15-/m1/s1. The van der Waals surface area contributed by atoms with Crippen molar-refractivity contribution in [2.45, 2.75) is 18.9 Å². The molecule has 1 aromatic heterocycles. The van der Waals surface area contributed by atoms with Crippen molar-refractivity contribution in [1.29, 1.82) is 0 Å². The maximum Gasteiger partial charge on any atom is 0.186 e. The first-order chi connectivity index (χ1) is 11.8. The number of para-hydroxylation sites is 1. The molecule has 4 rings (SSSR count). The monoisotopic (exact) mass is 338 g/mol. The molecule has 122 valence electrons. The summed E-state index contributed by atoms with van der Waals surface area (Å²) in [6, 6.07) is 15.9. The van der Waals surface area contributed by atoms with Crippen LogP contribution >= 0.6 is 11.3 Å². The molecule has 0 amide bonds. The number of aromatic nitrogens is 1. The summed E-state index contributed by atoms with van der Waals surface area (Å²) in [5.41, 5.74) is 1.73. The molecular weight excluding hydrogens is 320 g/mol. The minimum atomic E-state index is 0.344. The van der Waals surface area contributed by atoms with Gasteiger partial charge in [-0.05, 0) is 49.2 Å². The molecule has 0 spiro atoms. The molecule has 3 aromatic rings. The fourth-order valence-corrected chi connectivity index (χ4v) is 4.14. The number of ether oxygens (including phenoxy) is 1. The highest BCUT2D eigenvalue weighted by atomic mass is 32.1. The normalized spacial score (nSPS) is 17.3. The highest BCUT2D eigenvalue weighted by Gasteiger charge is 2.27. The summed E-state index contributed by atoms with van der Waals surface area (Å²) in [6.45, 7) is 1.66. The Bertz CT molecular complexity index is 811. The van der Waals surface area contributed by atoms with Crippen LogP contribution in [0.25, 0.3) is 10.2 Å². The first kappa shape index (κ1) is 15.1. The number of fused-ring (bicyclic) bond motifs is 1. The third kappa shape index (κ3) is 2.99. The SMILES string of the molecule is O=Cc1ccc(OC[C@H]2CCCN2c2nc3ccccc3s2)cc1.